The molecule has 1 fully saturated rings. The molecule has 1 aliphatic heterocycles. The highest BCUT2D eigenvalue weighted by Gasteiger charge is 2.21. The Bertz CT molecular complexity index is 756. The molecule has 1 aliphatic rings. The summed E-state index contributed by atoms with van der Waals surface area (Å²) in [6.45, 7) is 7.91. The molecule has 2 unspecified atom stereocenters. The average Bonchev–Trinajstić information content (AvgIpc) is 2.66. The zero-order valence-corrected chi connectivity index (χ0v) is 16.7. The van der Waals surface area contributed by atoms with Gasteiger partial charge in [-0.25, -0.2) is 0 Å². The molecule has 3 rings (SSSR count). The molecule has 0 amide bonds. The molecule has 2 aromatic carbocycles. The Morgan fingerprint density at radius 1 is 1.11 bits per heavy atom. The standard InChI is InChI=1S/C22H30N4O2/c1-17-15-26(16-18(2)27-17)13-7-12-24-22(23)25-19-8-6-11-21(14-19)28-20-9-4-3-5-10-20/h3-6,8-11,14,17-18H,7,12-13,15-16H2,1-2H3,(H3,23,24,25). The monoisotopic (exact) mass is 382 g/mol. The van der Waals surface area contributed by atoms with E-state index in [0.29, 0.717) is 24.7 Å². The summed E-state index contributed by atoms with van der Waals surface area (Å²) in [5.74, 6) is 1.97. The van der Waals surface area contributed by atoms with E-state index in [1.807, 2.05) is 54.6 Å². The highest BCUT2D eigenvalue weighted by atomic mass is 16.5. The number of guanidine groups is 1. The summed E-state index contributed by atoms with van der Waals surface area (Å²) in [6.07, 6.45) is 1.56. The maximum atomic E-state index is 6.04. The van der Waals surface area contributed by atoms with Crippen molar-refractivity contribution >= 4 is 11.6 Å². The minimum Gasteiger partial charge on any atom is -0.457 e. The normalized spacial score (nSPS) is 20.7. The Kier molecular flexibility index (Phi) is 7.28. The van der Waals surface area contributed by atoms with Crippen molar-refractivity contribution in [3.05, 3.63) is 54.6 Å². The fraction of sp³-hybridized carbons (Fsp3) is 0.409. The van der Waals surface area contributed by atoms with Crippen LogP contribution in [0.2, 0.25) is 0 Å². The molecule has 6 heteroatoms. The zero-order valence-electron chi connectivity index (χ0n) is 16.7. The van der Waals surface area contributed by atoms with Crippen LogP contribution in [-0.4, -0.2) is 49.2 Å². The van der Waals surface area contributed by atoms with Crippen LogP contribution in [0.25, 0.3) is 0 Å². The fourth-order valence-electron chi connectivity index (χ4n) is 3.41. The topological polar surface area (TPSA) is 72.1 Å². The van der Waals surface area contributed by atoms with Gasteiger partial charge in [0.15, 0.2) is 5.96 Å². The van der Waals surface area contributed by atoms with Crippen molar-refractivity contribution < 1.29 is 9.47 Å². The van der Waals surface area contributed by atoms with Crippen LogP contribution < -0.4 is 15.8 Å². The van der Waals surface area contributed by atoms with Gasteiger partial charge in [-0.15, -0.1) is 0 Å². The molecule has 3 N–H and O–H groups in total. The van der Waals surface area contributed by atoms with Gasteiger partial charge in [0.05, 0.1) is 12.2 Å². The summed E-state index contributed by atoms with van der Waals surface area (Å²) < 4.78 is 11.6. The Morgan fingerprint density at radius 2 is 1.82 bits per heavy atom. The Morgan fingerprint density at radius 3 is 2.57 bits per heavy atom. The van der Waals surface area contributed by atoms with E-state index in [9.17, 15) is 0 Å². The second-order valence-electron chi connectivity index (χ2n) is 7.21. The van der Waals surface area contributed by atoms with Crippen molar-refractivity contribution in [3.63, 3.8) is 0 Å². The highest BCUT2D eigenvalue weighted by molar-refractivity contribution is 5.92. The summed E-state index contributed by atoms with van der Waals surface area (Å²) in [7, 11) is 0. The van der Waals surface area contributed by atoms with Gasteiger partial charge in [-0.3, -0.25) is 9.89 Å². The van der Waals surface area contributed by atoms with Crippen LogP contribution in [0.5, 0.6) is 11.5 Å². The number of nitrogens with two attached hydrogens (primary N) is 1. The van der Waals surface area contributed by atoms with Crippen LogP contribution in [0.4, 0.5) is 5.69 Å². The second kappa shape index (κ2) is 10.1. The molecule has 28 heavy (non-hydrogen) atoms. The Balaban J connectivity index is 1.45. The minimum atomic E-state index is 0.296. The molecule has 6 nitrogen and oxygen atoms in total. The molecule has 150 valence electrons. The summed E-state index contributed by atoms with van der Waals surface area (Å²) in [6, 6.07) is 17.4. The van der Waals surface area contributed by atoms with Crippen molar-refractivity contribution in [2.45, 2.75) is 32.5 Å². The average molecular weight is 383 g/mol. The lowest BCUT2D eigenvalue weighted by Crippen LogP contribution is -2.45. The summed E-state index contributed by atoms with van der Waals surface area (Å²) in [5, 5.41) is 3.13. The van der Waals surface area contributed by atoms with Gasteiger partial charge < -0.3 is 20.5 Å². The smallest absolute Gasteiger partial charge is 0.193 e. The number of hydrogen-bond acceptors (Lipinski definition) is 4. The van der Waals surface area contributed by atoms with Gasteiger partial charge in [0.1, 0.15) is 11.5 Å². The van der Waals surface area contributed by atoms with E-state index >= 15 is 0 Å². The first-order valence-electron chi connectivity index (χ1n) is 9.86. The van der Waals surface area contributed by atoms with Gasteiger partial charge in [0, 0.05) is 37.9 Å². The SMILES string of the molecule is CC1CN(CCCN=C(N)Nc2cccc(Oc3ccccc3)c2)CC(C)O1. The van der Waals surface area contributed by atoms with Gasteiger partial charge in [0.2, 0.25) is 0 Å². The maximum Gasteiger partial charge on any atom is 0.193 e. The van der Waals surface area contributed by atoms with Crippen molar-refractivity contribution in [1.82, 2.24) is 4.90 Å². The molecular formula is C22H30N4O2. The number of nitrogens with one attached hydrogen (secondary N) is 1. The third-order valence-electron chi connectivity index (χ3n) is 4.50. The number of aliphatic imine (C=N–C) groups is 1. The third-order valence-corrected chi connectivity index (χ3v) is 4.50. The largest absolute Gasteiger partial charge is 0.457 e. The minimum absolute atomic E-state index is 0.296. The van der Waals surface area contributed by atoms with Crippen molar-refractivity contribution in [2.24, 2.45) is 10.7 Å². The van der Waals surface area contributed by atoms with E-state index in [-0.39, 0.29) is 0 Å². The van der Waals surface area contributed by atoms with Gasteiger partial charge in [-0.05, 0) is 44.5 Å². The number of rotatable bonds is 7. The lowest BCUT2D eigenvalue weighted by Gasteiger charge is -2.35. The van der Waals surface area contributed by atoms with Crippen LogP contribution in [-0.2, 0) is 4.74 Å². The van der Waals surface area contributed by atoms with Gasteiger partial charge in [-0.2, -0.15) is 0 Å². The molecule has 0 spiro atoms. The zero-order chi connectivity index (χ0) is 19.8. The molecule has 0 saturated carbocycles. The Hall–Kier alpha value is -2.57. The van der Waals surface area contributed by atoms with Crippen molar-refractivity contribution in [2.75, 3.05) is 31.5 Å². The van der Waals surface area contributed by atoms with E-state index in [2.05, 4.69) is 29.1 Å². The van der Waals surface area contributed by atoms with Crippen molar-refractivity contribution in [3.8, 4) is 11.5 Å². The molecule has 0 aromatic heterocycles. The predicted molar refractivity (Wildman–Crippen MR) is 114 cm³/mol. The summed E-state index contributed by atoms with van der Waals surface area (Å²) in [5.41, 5.74) is 6.89. The van der Waals surface area contributed by atoms with E-state index in [1.165, 1.54) is 0 Å². The van der Waals surface area contributed by atoms with Gasteiger partial charge >= 0.3 is 0 Å². The van der Waals surface area contributed by atoms with E-state index < -0.39 is 0 Å². The maximum absolute atomic E-state index is 6.04. The van der Waals surface area contributed by atoms with Crippen LogP contribution in [0.3, 0.4) is 0 Å². The number of anilines is 1. The number of para-hydroxylation sites is 1. The van der Waals surface area contributed by atoms with E-state index in [4.69, 9.17) is 15.2 Å². The first-order valence-corrected chi connectivity index (χ1v) is 9.86. The molecule has 1 heterocycles. The molecule has 0 radical (unpaired) electrons. The van der Waals surface area contributed by atoms with Crippen LogP contribution in [0, 0.1) is 0 Å². The first-order chi connectivity index (χ1) is 13.6. The number of ether oxygens (including phenoxy) is 2. The molecule has 0 aliphatic carbocycles. The molecule has 2 atom stereocenters. The third kappa shape index (κ3) is 6.55. The van der Waals surface area contributed by atoms with Gasteiger partial charge in [-0.1, -0.05) is 24.3 Å². The van der Waals surface area contributed by atoms with E-state index in [0.717, 1.165) is 43.2 Å². The summed E-state index contributed by atoms with van der Waals surface area (Å²) in [4.78, 5) is 6.87. The first kappa shape index (κ1) is 20.2. The molecule has 0 bridgehead atoms. The Labute approximate surface area is 167 Å². The molecular weight excluding hydrogens is 352 g/mol. The predicted octanol–water partition coefficient (Wildman–Crippen LogP) is 3.70. The van der Waals surface area contributed by atoms with Crippen LogP contribution in [0.1, 0.15) is 20.3 Å². The lowest BCUT2D eigenvalue weighted by atomic mass is 10.2. The van der Waals surface area contributed by atoms with Crippen molar-refractivity contribution in [1.29, 1.82) is 0 Å². The molecule has 2 aromatic rings. The number of nitrogens with zero attached hydrogens (tertiary/aromatic N) is 2. The van der Waals surface area contributed by atoms with Gasteiger partial charge in [0.25, 0.3) is 0 Å². The summed E-state index contributed by atoms with van der Waals surface area (Å²) >= 11 is 0. The van der Waals surface area contributed by atoms with E-state index in [1.54, 1.807) is 0 Å². The fourth-order valence-corrected chi connectivity index (χ4v) is 3.41. The highest BCUT2D eigenvalue weighted by Crippen LogP contribution is 2.23. The number of hydrogen-bond donors (Lipinski definition) is 2. The number of morpholine rings is 1. The second-order valence-corrected chi connectivity index (χ2v) is 7.21. The lowest BCUT2D eigenvalue weighted by molar-refractivity contribution is -0.0679. The molecule has 1 saturated heterocycles. The quantitative estimate of drug-likeness (QED) is 0.434. The van der Waals surface area contributed by atoms with Crippen LogP contribution >= 0.6 is 0 Å². The van der Waals surface area contributed by atoms with Crippen LogP contribution in [0.15, 0.2) is 59.6 Å². The number of benzene rings is 2.